The van der Waals surface area contributed by atoms with Gasteiger partial charge in [0.15, 0.2) is 0 Å². The molecule has 0 radical (unpaired) electrons. The Kier molecular flexibility index (Phi) is 6.24. The van der Waals surface area contributed by atoms with E-state index in [0.29, 0.717) is 15.6 Å². The average molecular weight is 473 g/mol. The Morgan fingerprint density at radius 3 is 2.77 bits per heavy atom. The van der Waals surface area contributed by atoms with Crippen molar-refractivity contribution in [1.29, 1.82) is 0 Å². The SMILES string of the molecule is Cc1cc(NC(=O)CSc2nnc(-c3ccc(Cl)cc3Cl)o2)ccc1Br. The summed E-state index contributed by atoms with van der Waals surface area (Å²) >= 11 is 16.6. The summed E-state index contributed by atoms with van der Waals surface area (Å²) in [5.74, 6) is 0.254. The summed E-state index contributed by atoms with van der Waals surface area (Å²) in [6.45, 7) is 1.95. The normalized spacial score (nSPS) is 10.8. The summed E-state index contributed by atoms with van der Waals surface area (Å²) in [7, 11) is 0. The number of nitrogens with zero attached hydrogens (tertiary/aromatic N) is 2. The molecule has 0 atom stereocenters. The van der Waals surface area contributed by atoms with E-state index in [1.807, 2.05) is 25.1 Å². The highest BCUT2D eigenvalue weighted by molar-refractivity contribution is 9.10. The Labute approximate surface area is 172 Å². The second kappa shape index (κ2) is 8.43. The molecule has 134 valence electrons. The van der Waals surface area contributed by atoms with Gasteiger partial charge in [-0.2, -0.15) is 0 Å². The Bertz CT molecular complexity index is 965. The van der Waals surface area contributed by atoms with Crippen molar-refractivity contribution in [3.05, 3.63) is 56.5 Å². The first-order valence-electron chi connectivity index (χ1n) is 7.40. The molecular weight excluding hydrogens is 461 g/mol. The summed E-state index contributed by atoms with van der Waals surface area (Å²) in [5, 5.41) is 11.9. The molecule has 5 nitrogen and oxygen atoms in total. The monoisotopic (exact) mass is 471 g/mol. The van der Waals surface area contributed by atoms with Crippen LogP contribution in [-0.2, 0) is 4.79 Å². The number of hydrogen-bond donors (Lipinski definition) is 1. The molecule has 0 aliphatic rings. The summed E-state index contributed by atoms with van der Waals surface area (Å²) in [4.78, 5) is 12.1. The van der Waals surface area contributed by atoms with Gasteiger partial charge in [0.25, 0.3) is 5.22 Å². The van der Waals surface area contributed by atoms with E-state index < -0.39 is 0 Å². The predicted molar refractivity (Wildman–Crippen MR) is 108 cm³/mol. The molecule has 0 spiro atoms. The second-order valence-corrected chi connectivity index (χ2v) is 7.92. The molecule has 0 bridgehead atoms. The first-order chi connectivity index (χ1) is 12.4. The summed E-state index contributed by atoms with van der Waals surface area (Å²) in [6, 6.07) is 10.6. The third-order valence-electron chi connectivity index (χ3n) is 3.34. The van der Waals surface area contributed by atoms with Gasteiger partial charge in [0.05, 0.1) is 16.3 Å². The van der Waals surface area contributed by atoms with Crippen molar-refractivity contribution in [3.63, 3.8) is 0 Å². The number of thioether (sulfide) groups is 1. The molecule has 3 aromatic rings. The van der Waals surface area contributed by atoms with Crippen molar-refractivity contribution in [1.82, 2.24) is 10.2 Å². The van der Waals surface area contributed by atoms with Crippen molar-refractivity contribution in [2.45, 2.75) is 12.1 Å². The molecule has 0 aliphatic carbocycles. The van der Waals surface area contributed by atoms with Gasteiger partial charge in [-0.15, -0.1) is 10.2 Å². The van der Waals surface area contributed by atoms with Gasteiger partial charge in [-0.25, -0.2) is 0 Å². The topological polar surface area (TPSA) is 68.0 Å². The van der Waals surface area contributed by atoms with E-state index in [1.165, 1.54) is 0 Å². The fourth-order valence-corrected chi connectivity index (χ4v) is 3.39. The van der Waals surface area contributed by atoms with E-state index in [9.17, 15) is 4.79 Å². The Morgan fingerprint density at radius 2 is 2.04 bits per heavy atom. The lowest BCUT2D eigenvalue weighted by Gasteiger charge is -2.06. The van der Waals surface area contributed by atoms with Crippen LogP contribution in [0.15, 0.2) is 50.5 Å². The zero-order chi connectivity index (χ0) is 18.7. The molecule has 0 fully saturated rings. The molecule has 0 saturated carbocycles. The number of carbonyl (C=O) groups excluding carboxylic acids is 1. The molecule has 0 saturated heterocycles. The van der Waals surface area contributed by atoms with Crippen LogP contribution in [-0.4, -0.2) is 21.9 Å². The molecule has 26 heavy (non-hydrogen) atoms. The molecule has 1 N–H and O–H groups in total. The minimum absolute atomic E-state index is 0.144. The van der Waals surface area contributed by atoms with Crippen LogP contribution in [0.5, 0.6) is 0 Å². The lowest BCUT2D eigenvalue weighted by Crippen LogP contribution is -2.14. The van der Waals surface area contributed by atoms with Gasteiger partial charge >= 0.3 is 0 Å². The molecule has 1 amide bonds. The number of carbonyl (C=O) groups is 1. The Balaban J connectivity index is 1.60. The molecule has 1 heterocycles. The quantitative estimate of drug-likeness (QED) is 0.472. The number of aryl methyl sites for hydroxylation is 1. The molecule has 1 aromatic heterocycles. The molecule has 0 unspecified atom stereocenters. The smallest absolute Gasteiger partial charge is 0.277 e. The molecule has 9 heteroatoms. The summed E-state index contributed by atoms with van der Waals surface area (Å²) in [5.41, 5.74) is 2.36. The van der Waals surface area contributed by atoms with Crippen molar-refractivity contribution >= 4 is 62.5 Å². The van der Waals surface area contributed by atoms with Gasteiger partial charge in [-0.3, -0.25) is 4.79 Å². The first kappa shape index (κ1) is 19.2. The zero-order valence-corrected chi connectivity index (χ0v) is 17.3. The third kappa shape index (κ3) is 4.79. The fraction of sp³-hybridized carbons (Fsp3) is 0.118. The lowest BCUT2D eigenvalue weighted by atomic mass is 10.2. The van der Waals surface area contributed by atoms with Crippen LogP contribution in [0.3, 0.4) is 0 Å². The van der Waals surface area contributed by atoms with Crippen LogP contribution < -0.4 is 5.32 Å². The highest BCUT2D eigenvalue weighted by Crippen LogP contribution is 2.31. The van der Waals surface area contributed by atoms with Crippen LogP contribution in [0.4, 0.5) is 5.69 Å². The average Bonchev–Trinajstić information content (AvgIpc) is 3.05. The van der Waals surface area contributed by atoms with Gasteiger partial charge in [-0.05, 0) is 48.9 Å². The third-order valence-corrected chi connectivity index (χ3v) is 5.59. The van der Waals surface area contributed by atoms with E-state index in [4.69, 9.17) is 27.6 Å². The molecule has 0 aliphatic heterocycles. The number of anilines is 1. The maximum Gasteiger partial charge on any atom is 0.277 e. The van der Waals surface area contributed by atoms with Gasteiger partial charge < -0.3 is 9.73 Å². The van der Waals surface area contributed by atoms with E-state index in [2.05, 4.69) is 31.4 Å². The van der Waals surface area contributed by atoms with Crippen LogP contribution in [0.1, 0.15) is 5.56 Å². The van der Waals surface area contributed by atoms with Gasteiger partial charge in [0, 0.05) is 15.2 Å². The summed E-state index contributed by atoms with van der Waals surface area (Å²) in [6.07, 6.45) is 0. The maximum absolute atomic E-state index is 12.1. The number of rotatable bonds is 5. The molecule has 2 aromatic carbocycles. The number of hydrogen-bond acceptors (Lipinski definition) is 5. The number of halogens is 3. The minimum atomic E-state index is -0.166. The van der Waals surface area contributed by atoms with Gasteiger partial charge in [0.1, 0.15) is 0 Å². The van der Waals surface area contributed by atoms with Crippen LogP contribution in [0, 0.1) is 6.92 Å². The van der Waals surface area contributed by atoms with Crippen LogP contribution in [0.25, 0.3) is 11.5 Å². The van der Waals surface area contributed by atoms with Crippen molar-refractivity contribution in [2.24, 2.45) is 0 Å². The van der Waals surface area contributed by atoms with Crippen LogP contribution >= 0.6 is 50.9 Å². The Morgan fingerprint density at radius 1 is 1.23 bits per heavy atom. The number of benzene rings is 2. The second-order valence-electron chi connectivity index (χ2n) is 5.30. The van der Waals surface area contributed by atoms with E-state index in [0.717, 1.165) is 27.5 Å². The maximum atomic E-state index is 12.1. The highest BCUT2D eigenvalue weighted by atomic mass is 79.9. The predicted octanol–water partition coefficient (Wildman–Crippen LogP) is 5.85. The Hall–Kier alpha value is -1.54. The zero-order valence-electron chi connectivity index (χ0n) is 13.4. The first-order valence-corrected chi connectivity index (χ1v) is 9.93. The van der Waals surface area contributed by atoms with E-state index in [1.54, 1.807) is 18.2 Å². The summed E-state index contributed by atoms with van der Waals surface area (Å²) < 4.78 is 6.54. The molecule has 3 rings (SSSR count). The standard InChI is InChI=1S/C17H12BrCl2N3O2S/c1-9-6-11(3-5-13(9)18)21-15(24)8-26-17-23-22-16(25-17)12-4-2-10(19)7-14(12)20/h2-7H,8H2,1H3,(H,21,24). The molecular formula is C17H12BrCl2N3O2S. The van der Waals surface area contributed by atoms with Crippen molar-refractivity contribution in [2.75, 3.05) is 11.1 Å². The van der Waals surface area contributed by atoms with Gasteiger partial charge in [0.2, 0.25) is 11.8 Å². The van der Waals surface area contributed by atoms with E-state index >= 15 is 0 Å². The fourth-order valence-electron chi connectivity index (χ4n) is 2.09. The van der Waals surface area contributed by atoms with E-state index in [-0.39, 0.29) is 22.8 Å². The lowest BCUT2D eigenvalue weighted by molar-refractivity contribution is -0.113. The minimum Gasteiger partial charge on any atom is -0.411 e. The van der Waals surface area contributed by atoms with Crippen molar-refractivity contribution < 1.29 is 9.21 Å². The van der Waals surface area contributed by atoms with Crippen LogP contribution in [0.2, 0.25) is 10.0 Å². The van der Waals surface area contributed by atoms with Crippen molar-refractivity contribution in [3.8, 4) is 11.5 Å². The number of amides is 1. The largest absolute Gasteiger partial charge is 0.411 e. The number of aromatic nitrogens is 2. The van der Waals surface area contributed by atoms with Gasteiger partial charge in [-0.1, -0.05) is 50.9 Å². The highest BCUT2D eigenvalue weighted by Gasteiger charge is 2.14. The number of nitrogens with one attached hydrogen (secondary N) is 1.